The number of hydrogen-bond donors (Lipinski definition) is 0. The van der Waals surface area contributed by atoms with Gasteiger partial charge in [-0.2, -0.15) is 0 Å². The largest absolute Gasteiger partial charge is 0.299 e. The van der Waals surface area contributed by atoms with E-state index in [1.54, 1.807) is 0 Å². The minimum Gasteiger partial charge on any atom is -0.299 e. The summed E-state index contributed by atoms with van der Waals surface area (Å²) in [4.78, 5) is 4.70. The van der Waals surface area contributed by atoms with E-state index in [2.05, 4.69) is 104 Å². The number of hydrogen-bond acceptors (Lipinski definition) is 1. The van der Waals surface area contributed by atoms with Crippen LogP contribution in [-0.4, -0.2) is 9.55 Å². The topological polar surface area (TPSA) is 17.8 Å². The number of para-hydroxylation sites is 1. The van der Waals surface area contributed by atoms with Crippen molar-refractivity contribution in [2.24, 2.45) is 0 Å². The van der Waals surface area contributed by atoms with Crippen molar-refractivity contribution < 1.29 is 0 Å². The predicted molar refractivity (Wildman–Crippen MR) is 113 cm³/mol. The summed E-state index contributed by atoms with van der Waals surface area (Å²) in [6.45, 7) is 6.61. The van der Waals surface area contributed by atoms with Gasteiger partial charge in [-0.1, -0.05) is 86.1 Å². The smallest absolute Gasteiger partial charge is 0.144 e. The lowest BCUT2D eigenvalue weighted by molar-refractivity contribution is 0.848. The lowest BCUT2D eigenvalue weighted by atomic mass is 9.94. The molecule has 0 saturated carbocycles. The Kier molecular flexibility index (Phi) is 4.64. The fourth-order valence-electron chi connectivity index (χ4n) is 3.63. The van der Waals surface area contributed by atoms with Crippen LogP contribution in [0.3, 0.4) is 0 Å². The molecule has 0 N–H and O–H groups in total. The highest BCUT2D eigenvalue weighted by molar-refractivity contribution is 5.77. The first-order valence-corrected chi connectivity index (χ1v) is 9.44. The van der Waals surface area contributed by atoms with Gasteiger partial charge in [0.25, 0.3) is 0 Å². The number of nitrogens with zero attached hydrogens (tertiary/aromatic N) is 2. The van der Waals surface area contributed by atoms with Gasteiger partial charge < -0.3 is 0 Å². The van der Waals surface area contributed by atoms with Gasteiger partial charge >= 0.3 is 0 Å². The van der Waals surface area contributed by atoms with Crippen molar-refractivity contribution in [3.63, 3.8) is 0 Å². The molecule has 2 nitrogen and oxygen atoms in total. The number of aryl methyl sites for hydroxylation is 1. The lowest BCUT2D eigenvalue weighted by Crippen LogP contribution is -2.05. The molecule has 2 heteroatoms. The predicted octanol–water partition coefficient (Wildman–Crippen LogP) is 6.64. The van der Waals surface area contributed by atoms with Crippen LogP contribution in [0.15, 0.2) is 85.2 Å². The van der Waals surface area contributed by atoms with Gasteiger partial charge in [-0.3, -0.25) is 4.57 Å². The summed E-state index contributed by atoms with van der Waals surface area (Å²) in [5, 5.41) is 0. The van der Waals surface area contributed by atoms with Crippen molar-refractivity contribution in [1.29, 1.82) is 0 Å². The second-order valence-electron chi connectivity index (χ2n) is 7.25. The van der Waals surface area contributed by atoms with E-state index in [1.165, 1.54) is 27.9 Å². The molecule has 4 aromatic rings. The van der Waals surface area contributed by atoms with Crippen LogP contribution in [0, 0.1) is 6.92 Å². The fraction of sp³-hybridized carbons (Fsp3) is 0.160. The second-order valence-corrected chi connectivity index (χ2v) is 7.25. The van der Waals surface area contributed by atoms with E-state index < -0.39 is 0 Å². The number of aromatic nitrogens is 2. The first kappa shape index (κ1) is 17.3. The molecular formula is C25H24N2. The third kappa shape index (κ3) is 3.31. The van der Waals surface area contributed by atoms with Crippen molar-refractivity contribution in [1.82, 2.24) is 9.55 Å². The van der Waals surface area contributed by atoms with E-state index in [1.807, 2.05) is 6.20 Å². The maximum absolute atomic E-state index is 4.70. The highest BCUT2D eigenvalue weighted by Crippen LogP contribution is 2.35. The maximum atomic E-state index is 4.70. The van der Waals surface area contributed by atoms with Crippen molar-refractivity contribution >= 4 is 0 Å². The van der Waals surface area contributed by atoms with Crippen LogP contribution in [0.1, 0.15) is 30.9 Å². The highest BCUT2D eigenvalue weighted by Gasteiger charge is 2.17. The normalized spacial score (nSPS) is 11.1. The Hall–Kier alpha value is -3.13. The Balaban J connectivity index is 1.99. The number of benzene rings is 3. The molecule has 0 fully saturated rings. The molecule has 0 aliphatic heterocycles. The van der Waals surface area contributed by atoms with Crippen molar-refractivity contribution in [2.75, 3.05) is 0 Å². The highest BCUT2D eigenvalue weighted by atomic mass is 15.1. The maximum Gasteiger partial charge on any atom is 0.144 e. The molecule has 0 bridgehead atoms. The van der Waals surface area contributed by atoms with E-state index in [9.17, 15) is 0 Å². The Morgan fingerprint density at radius 2 is 1.56 bits per heavy atom. The van der Waals surface area contributed by atoms with E-state index in [4.69, 9.17) is 4.98 Å². The summed E-state index contributed by atoms with van der Waals surface area (Å²) >= 11 is 0. The summed E-state index contributed by atoms with van der Waals surface area (Å²) in [6.07, 6.45) is 3.97. The summed E-state index contributed by atoms with van der Waals surface area (Å²) in [6, 6.07) is 25.7. The number of imidazole rings is 1. The number of rotatable bonds is 4. The van der Waals surface area contributed by atoms with Gasteiger partial charge in [-0.05, 0) is 30.0 Å². The minimum absolute atomic E-state index is 0.413. The summed E-state index contributed by atoms with van der Waals surface area (Å²) in [7, 11) is 0. The first-order valence-electron chi connectivity index (χ1n) is 9.44. The Morgan fingerprint density at radius 1 is 0.815 bits per heavy atom. The van der Waals surface area contributed by atoms with Crippen LogP contribution in [0.25, 0.3) is 28.2 Å². The molecule has 0 spiro atoms. The second kappa shape index (κ2) is 7.24. The van der Waals surface area contributed by atoms with Crippen LogP contribution in [-0.2, 0) is 0 Å². The molecule has 0 aliphatic rings. The minimum atomic E-state index is 0.413. The average Bonchev–Trinajstić information content (AvgIpc) is 3.17. The van der Waals surface area contributed by atoms with Crippen molar-refractivity contribution in [2.45, 2.75) is 26.7 Å². The summed E-state index contributed by atoms with van der Waals surface area (Å²) in [5.41, 5.74) is 7.36. The summed E-state index contributed by atoms with van der Waals surface area (Å²) in [5.74, 6) is 1.39. The van der Waals surface area contributed by atoms with Crippen LogP contribution in [0.5, 0.6) is 0 Å². The van der Waals surface area contributed by atoms with E-state index in [0.29, 0.717) is 5.92 Å². The zero-order chi connectivity index (χ0) is 18.8. The van der Waals surface area contributed by atoms with Crippen LogP contribution >= 0.6 is 0 Å². The zero-order valence-corrected chi connectivity index (χ0v) is 16.1. The molecule has 4 rings (SSSR count). The van der Waals surface area contributed by atoms with Gasteiger partial charge in [-0.15, -0.1) is 0 Å². The van der Waals surface area contributed by atoms with Crippen molar-refractivity contribution in [3.8, 4) is 28.2 Å². The molecule has 0 aliphatic carbocycles. The van der Waals surface area contributed by atoms with E-state index >= 15 is 0 Å². The molecule has 1 heterocycles. The molecule has 0 atom stereocenters. The monoisotopic (exact) mass is 352 g/mol. The molecule has 3 aromatic carbocycles. The summed E-state index contributed by atoms with van der Waals surface area (Å²) < 4.78 is 2.24. The van der Waals surface area contributed by atoms with E-state index in [-0.39, 0.29) is 0 Å². The van der Waals surface area contributed by atoms with Crippen LogP contribution in [0.2, 0.25) is 0 Å². The molecule has 134 valence electrons. The van der Waals surface area contributed by atoms with Gasteiger partial charge in [0.2, 0.25) is 0 Å². The van der Waals surface area contributed by atoms with Gasteiger partial charge in [-0.25, -0.2) is 4.98 Å². The molecule has 0 radical (unpaired) electrons. The lowest BCUT2D eigenvalue weighted by Gasteiger charge is -2.20. The SMILES string of the molecule is Cc1cccc(-c2nccn2-c2c(-c3ccccc3)cccc2C(C)C)c1. The Bertz CT molecular complexity index is 1060. The fourth-order valence-corrected chi connectivity index (χ4v) is 3.63. The molecule has 1 aromatic heterocycles. The quantitative estimate of drug-likeness (QED) is 0.402. The van der Waals surface area contributed by atoms with Gasteiger partial charge in [0.15, 0.2) is 0 Å². The van der Waals surface area contributed by atoms with Crippen molar-refractivity contribution in [3.05, 3.63) is 96.3 Å². The third-order valence-corrected chi connectivity index (χ3v) is 4.93. The van der Waals surface area contributed by atoms with Crippen LogP contribution in [0.4, 0.5) is 0 Å². The first-order chi connectivity index (χ1) is 13.1. The van der Waals surface area contributed by atoms with Crippen LogP contribution < -0.4 is 0 Å². The standard InChI is InChI=1S/C25H24N2/c1-18(2)22-13-8-14-23(20-10-5-4-6-11-20)24(22)27-16-15-26-25(27)21-12-7-9-19(3)17-21/h4-18H,1-3H3. The molecule has 0 amide bonds. The Labute approximate surface area is 161 Å². The average molecular weight is 352 g/mol. The van der Waals surface area contributed by atoms with Gasteiger partial charge in [0, 0.05) is 23.5 Å². The molecule has 27 heavy (non-hydrogen) atoms. The van der Waals surface area contributed by atoms with Gasteiger partial charge in [0.1, 0.15) is 5.82 Å². The van der Waals surface area contributed by atoms with E-state index in [0.717, 1.165) is 11.4 Å². The molecule has 0 saturated heterocycles. The molecular weight excluding hydrogens is 328 g/mol. The zero-order valence-electron chi connectivity index (χ0n) is 16.1. The molecule has 0 unspecified atom stereocenters. The Morgan fingerprint density at radius 3 is 2.30 bits per heavy atom. The van der Waals surface area contributed by atoms with Gasteiger partial charge in [0.05, 0.1) is 5.69 Å². The third-order valence-electron chi connectivity index (χ3n) is 4.93.